The third-order valence-corrected chi connectivity index (χ3v) is 8.53. The van der Waals surface area contributed by atoms with E-state index in [1.165, 1.54) is 4.31 Å². The lowest BCUT2D eigenvalue weighted by Gasteiger charge is -2.23. The summed E-state index contributed by atoms with van der Waals surface area (Å²) in [5, 5.41) is 0. The van der Waals surface area contributed by atoms with Crippen molar-refractivity contribution in [2.75, 3.05) is 42.6 Å². The number of anilines is 2. The van der Waals surface area contributed by atoms with Gasteiger partial charge in [0.1, 0.15) is 5.75 Å². The lowest BCUT2D eigenvalue weighted by atomic mass is 10.1. The van der Waals surface area contributed by atoms with Crippen molar-refractivity contribution < 1.29 is 22.7 Å². The van der Waals surface area contributed by atoms with Crippen molar-refractivity contribution in [1.29, 1.82) is 0 Å². The summed E-state index contributed by atoms with van der Waals surface area (Å²) in [5.74, 6) is -0.0550. The quantitative estimate of drug-likeness (QED) is 0.574. The fourth-order valence-corrected chi connectivity index (χ4v) is 6.27. The first-order valence-corrected chi connectivity index (χ1v) is 13.2. The first-order valence-electron chi connectivity index (χ1n) is 11.8. The molecule has 0 aliphatic carbocycles. The van der Waals surface area contributed by atoms with Crippen LogP contribution in [0.2, 0.25) is 0 Å². The first-order chi connectivity index (χ1) is 16.3. The highest BCUT2D eigenvalue weighted by Gasteiger charge is 2.40. The van der Waals surface area contributed by atoms with E-state index in [1.54, 1.807) is 28.0 Å². The van der Waals surface area contributed by atoms with E-state index in [2.05, 4.69) is 0 Å². The lowest BCUT2D eigenvalue weighted by molar-refractivity contribution is -0.124. The molecule has 0 radical (unpaired) electrons. The predicted molar refractivity (Wildman–Crippen MR) is 131 cm³/mol. The van der Waals surface area contributed by atoms with Gasteiger partial charge in [0.2, 0.25) is 21.8 Å². The Labute approximate surface area is 201 Å². The normalized spacial score (nSPS) is 18.0. The molecule has 2 aromatic carbocycles. The third-order valence-electron chi connectivity index (χ3n) is 6.49. The van der Waals surface area contributed by atoms with Crippen molar-refractivity contribution in [3.63, 3.8) is 0 Å². The Morgan fingerprint density at radius 2 is 1.82 bits per heavy atom. The monoisotopic (exact) mass is 485 g/mol. The molecule has 2 aromatic rings. The number of carbonyl (C=O) groups is 2. The van der Waals surface area contributed by atoms with Crippen LogP contribution in [0.15, 0.2) is 47.4 Å². The molecule has 2 heterocycles. The summed E-state index contributed by atoms with van der Waals surface area (Å²) < 4.78 is 32.9. The fourth-order valence-electron chi connectivity index (χ4n) is 4.76. The highest BCUT2D eigenvalue weighted by molar-refractivity contribution is 7.89. The Hall–Kier alpha value is -2.91. The number of rotatable bonds is 8. The van der Waals surface area contributed by atoms with Gasteiger partial charge in [-0.05, 0) is 49.2 Å². The van der Waals surface area contributed by atoms with Crippen molar-refractivity contribution in [2.45, 2.75) is 38.5 Å². The Balaban J connectivity index is 1.54. The molecule has 1 saturated heterocycles. The Kier molecular flexibility index (Phi) is 6.95. The van der Waals surface area contributed by atoms with Crippen molar-refractivity contribution in [3.8, 4) is 5.75 Å². The number of benzene rings is 2. The minimum Gasteiger partial charge on any atom is -0.492 e. The lowest BCUT2D eigenvalue weighted by Crippen LogP contribution is -2.36. The Bertz CT molecular complexity index is 1190. The Morgan fingerprint density at radius 3 is 2.53 bits per heavy atom. The number of amides is 2. The van der Waals surface area contributed by atoms with Crippen LogP contribution in [-0.2, 0) is 26.0 Å². The fraction of sp³-hybridized carbons (Fsp3) is 0.440. The van der Waals surface area contributed by atoms with Gasteiger partial charge in [0.15, 0.2) is 0 Å². The molecule has 34 heavy (non-hydrogen) atoms. The second-order valence-electron chi connectivity index (χ2n) is 8.43. The number of hydrogen-bond acceptors (Lipinski definition) is 5. The summed E-state index contributed by atoms with van der Waals surface area (Å²) in [6, 6.07) is 12.3. The highest BCUT2D eigenvalue weighted by atomic mass is 32.2. The molecule has 9 heteroatoms. The molecule has 182 valence electrons. The average Bonchev–Trinajstić information content (AvgIpc) is 3.43. The molecule has 2 amide bonds. The largest absolute Gasteiger partial charge is 0.492 e. The summed E-state index contributed by atoms with van der Waals surface area (Å²) >= 11 is 0. The zero-order valence-corrected chi connectivity index (χ0v) is 20.7. The summed E-state index contributed by atoms with van der Waals surface area (Å²) in [4.78, 5) is 29.8. The van der Waals surface area contributed by atoms with E-state index in [0.717, 1.165) is 11.3 Å². The predicted octanol–water partition coefficient (Wildman–Crippen LogP) is 3.06. The van der Waals surface area contributed by atoms with Gasteiger partial charge in [0.25, 0.3) is 0 Å². The van der Waals surface area contributed by atoms with Gasteiger partial charge in [-0.2, -0.15) is 4.31 Å². The molecule has 4 rings (SSSR count). The van der Waals surface area contributed by atoms with Crippen LogP contribution < -0.4 is 14.5 Å². The minimum absolute atomic E-state index is 0.106. The molecule has 0 bridgehead atoms. The molecule has 0 aromatic heterocycles. The van der Waals surface area contributed by atoms with Gasteiger partial charge in [-0.15, -0.1) is 0 Å². The van der Waals surface area contributed by atoms with Crippen molar-refractivity contribution >= 4 is 33.2 Å². The van der Waals surface area contributed by atoms with Crippen LogP contribution >= 0.6 is 0 Å². The second kappa shape index (κ2) is 9.76. The zero-order chi connectivity index (χ0) is 24.5. The highest BCUT2D eigenvalue weighted by Crippen LogP contribution is 2.36. The third kappa shape index (κ3) is 4.30. The van der Waals surface area contributed by atoms with Gasteiger partial charge in [0, 0.05) is 38.3 Å². The van der Waals surface area contributed by atoms with Crippen LogP contribution in [0.4, 0.5) is 11.4 Å². The molecule has 2 aliphatic rings. The minimum atomic E-state index is -3.56. The van der Waals surface area contributed by atoms with E-state index in [4.69, 9.17) is 4.74 Å². The maximum atomic E-state index is 13.4. The second-order valence-corrected chi connectivity index (χ2v) is 10.4. The van der Waals surface area contributed by atoms with Crippen molar-refractivity contribution in [1.82, 2.24) is 4.31 Å². The average molecular weight is 486 g/mol. The smallest absolute Gasteiger partial charge is 0.243 e. The first kappa shape index (κ1) is 24.2. The number of carbonyl (C=O) groups excluding carboxylic acids is 2. The van der Waals surface area contributed by atoms with Gasteiger partial charge in [-0.1, -0.05) is 26.0 Å². The Morgan fingerprint density at radius 1 is 1.09 bits per heavy atom. The van der Waals surface area contributed by atoms with Crippen LogP contribution in [0.25, 0.3) is 0 Å². The number of sulfonamides is 1. The standard InChI is InChI=1S/C25H31N3O5S/c1-4-26(5-2)34(31,32)20-11-12-21-18(15-20)13-14-27(21)25(30)19-16-24(29)28(17-19)22-9-7-8-10-23(22)33-6-3/h7-12,15,19H,4-6,13-14,16-17H2,1-3H3. The zero-order valence-electron chi connectivity index (χ0n) is 19.9. The number of ether oxygens (including phenoxy) is 1. The van der Waals surface area contributed by atoms with E-state index in [9.17, 15) is 18.0 Å². The molecule has 1 atom stereocenters. The number of para-hydroxylation sites is 2. The van der Waals surface area contributed by atoms with Crippen LogP contribution in [0.3, 0.4) is 0 Å². The number of nitrogens with zero attached hydrogens (tertiary/aromatic N) is 3. The number of fused-ring (bicyclic) bond motifs is 1. The van der Waals surface area contributed by atoms with Crippen LogP contribution in [0.1, 0.15) is 32.8 Å². The molecule has 1 unspecified atom stereocenters. The summed E-state index contributed by atoms with van der Waals surface area (Å²) in [5.41, 5.74) is 2.24. The molecule has 8 nitrogen and oxygen atoms in total. The van der Waals surface area contributed by atoms with E-state index < -0.39 is 15.9 Å². The topological polar surface area (TPSA) is 87.2 Å². The van der Waals surface area contributed by atoms with Crippen LogP contribution in [0.5, 0.6) is 5.75 Å². The summed E-state index contributed by atoms with van der Waals surface area (Å²) in [6.45, 7) is 7.57. The van der Waals surface area contributed by atoms with Crippen LogP contribution in [0, 0.1) is 5.92 Å². The van der Waals surface area contributed by atoms with E-state index in [0.29, 0.717) is 50.6 Å². The van der Waals surface area contributed by atoms with Gasteiger partial charge < -0.3 is 14.5 Å². The van der Waals surface area contributed by atoms with E-state index in [-0.39, 0.29) is 23.1 Å². The molecular formula is C25H31N3O5S. The molecule has 0 N–H and O–H groups in total. The van der Waals surface area contributed by atoms with Crippen LogP contribution in [-0.4, -0.2) is 57.3 Å². The number of hydrogen-bond donors (Lipinski definition) is 0. The summed E-state index contributed by atoms with van der Waals surface area (Å²) in [6.07, 6.45) is 0.722. The van der Waals surface area contributed by atoms with Crippen molar-refractivity contribution in [2.24, 2.45) is 5.92 Å². The van der Waals surface area contributed by atoms with Gasteiger partial charge in [-0.3, -0.25) is 9.59 Å². The maximum absolute atomic E-state index is 13.4. The molecule has 2 aliphatic heterocycles. The van der Waals surface area contributed by atoms with Gasteiger partial charge in [-0.25, -0.2) is 8.42 Å². The van der Waals surface area contributed by atoms with E-state index >= 15 is 0 Å². The molecular weight excluding hydrogens is 454 g/mol. The SMILES string of the molecule is CCOc1ccccc1N1CC(C(=O)N2CCc3cc(S(=O)(=O)N(CC)CC)ccc32)CC1=O. The molecule has 1 fully saturated rings. The van der Waals surface area contributed by atoms with E-state index in [1.807, 2.05) is 45.0 Å². The van der Waals surface area contributed by atoms with Gasteiger partial charge >= 0.3 is 0 Å². The van der Waals surface area contributed by atoms with Crippen molar-refractivity contribution in [3.05, 3.63) is 48.0 Å². The molecule has 0 spiro atoms. The maximum Gasteiger partial charge on any atom is 0.243 e. The molecule has 0 saturated carbocycles. The van der Waals surface area contributed by atoms with Gasteiger partial charge in [0.05, 0.1) is 23.1 Å². The summed E-state index contributed by atoms with van der Waals surface area (Å²) in [7, 11) is -3.56.